The highest BCUT2D eigenvalue weighted by atomic mass is 35.5. The third-order valence-electron chi connectivity index (χ3n) is 5.00. The lowest BCUT2D eigenvalue weighted by Gasteiger charge is -2.12. The van der Waals surface area contributed by atoms with E-state index in [1.165, 1.54) is 6.21 Å². The van der Waals surface area contributed by atoms with Gasteiger partial charge in [0.05, 0.1) is 23.6 Å². The summed E-state index contributed by atoms with van der Waals surface area (Å²) in [6.07, 6.45) is 1.51. The van der Waals surface area contributed by atoms with Crippen molar-refractivity contribution in [2.75, 3.05) is 12.4 Å². The summed E-state index contributed by atoms with van der Waals surface area (Å²) in [6.45, 7) is 2.73. The number of hydrazone groups is 1. The topological polar surface area (TPSA) is 108 Å². The summed E-state index contributed by atoms with van der Waals surface area (Å²) in [5.74, 6) is 1.50. The Balaban J connectivity index is 1.23. The van der Waals surface area contributed by atoms with Gasteiger partial charge in [0.15, 0.2) is 18.1 Å². The van der Waals surface area contributed by atoms with Crippen LogP contribution in [0.3, 0.4) is 0 Å². The number of rotatable bonds is 13. The van der Waals surface area contributed by atoms with Gasteiger partial charge in [-0.05, 0) is 66.6 Å². The monoisotopic (exact) mass is 620 g/mol. The van der Waals surface area contributed by atoms with Gasteiger partial charge in [0, 0.05) is 10.0 Å². The molecule has 1 heterocycles. The predicted octanol–water partition coefficient (Wildman–Crippen LogP) is 6.83. The molecule has 3 aromatic carbocycles. The highest BCUT2D eigenvalue weighted by molar-refractivity contribution is 7.99. The summed E-state index contributed by atoms with van der Waals surface area (Å²) < 4.78 is 22.7. The van der Waals surface area contributed by atoms with E-state index in [9.17, 15) is 4.79 Å². The molecule has 0 aliphatic carbocycles. The number of amides is 1. The Hall–Kier alpha value is -3.44. The van der Waals surface area contributed by atoms with Gasteiger partial charge in [-0.2, -0.15) is 5.10 Å². The molecule has 0 saturated carbocycles. The number of carbonyl (C=O) groups is 1. The van der Waals surface area contributed by atoms with Crippen LogP contribution in [0.2, 0.25) is 15.1 Å². The number of benzene rings is 3. The van der Waals surface area contributed by atoms with E-state index >= 15 is 0 Å². The Morgan fingerprint density at radius 2 is 1.68 bits per heavy atom. The van der Waals surface area contributed by atoms with Crippen molar-refractivity contribution < 1.29 is 23.4 Å². The summed E-state index contributed by atoms with van der Waals surface area (Å²) in [5, 5.41) is 13.6. The number of aromatic nitrogens is 2. The van der Waals surface area contributed by atoms with Crippen molar-refractivity contribution in [3.63, 3.8) is 0 Å². The molecule has 4 rings (SSSR count). The largest absolute Gasteiger partial charge is 0.490 e. The molecular weight excluding hydrogens is 599 g/mol. The maximum Gasteiger partial charge on any atom is 0.277 e. The lowest BCUT2D eigenvalue weighted by molar-refractivity contribution is -0.118. The normalized spacial score (nSPS) is 11.0. The van der Waals surface area contributed by atoms with Crippen molar-refractivity contribution in [2.24, 2.45) is 5.10 Å². The molecule has 0 aliphatic rings. The van der Waals surface area contributed by atoms with Crippen molar-refractivity contribution in [3.05, 3.63) is 92.7 Å². The van der Waals surface area contributed by atoms with Gasteiger partial charge in [0.2, 0.25) is 0 Å². The van der Waals surface area contributed by atoms with Crippen LogP contribution in [0.15, 0.2) is 75.4 Å². The summed E-state index contributed by atoms with van der Waals surface area (Å²) in [5.41, 5.74) is 4.17. The van der Waals surface area contributed by atoms with E-state index in [4.69, 9.17) is 53.4 Å². The van der Waals surface area contributed by atoms with Crippen LogP contribution in [0.1, 0.15) is 23.9 Å². The average molecular weight is 622 g/mol. The molecule has 40 heavy (non-hydrogen) atoms. The standard InChI is InChI=1S/C27H23Cl3N4O5S/c1-2-36-24-11-18(5-9-23(24)37-14-17-3-6-19(28)7-4-17)13-31-32-25(35)16-40-27-34-33-26(39-27)15-38-22-10-8-20(29)12-21(22)30/h3-13H,2,14-16H2,1H3,(H,32,35)/b31-13-. The summed E-state index contributed by atoms with van der Waals surface area (Å²) in [7, 11) is 0. The minimum Gasteiger partial charge on any atom is -0.490 e. The zero-order valence-corrected chi connectivity index (χ0v) is 24.2. The van der Waals surface area contributed by atoms with E-state index < -0.39 is 0 Å². The summed E-state index contributed by atoms with van der Waals surface area (Å²) in [4.78, 5) is 12.2. The molecule has 1 N–H and O–H groups in total. The van der Waals surface area contributed by atoms with Gasteiger partial charge in [0.25, 0.3) is 17.0 Å². The van der Waals surface area contributed by atoms with Gasteiger partial charge in [-0.3, -0.25) is 4.79 Å². The van der Waals surface area contributed by atoms with Gasteiger partial charge in [-0.25, -0.2) is 5.43 Å². The van der Waals surface area contributed by atoms with Crippen LogP contribution in [-0.4, -0.2) is 34.7 Å². The van der Waals surface area contributed by atoms with Crippen molar-refractivity contribution in [1.29, 1.82) is 0 Å². The van der Waals surface area contributed by atoms with Crippen molar-refractivity contribution in [2.45, 2.75) is 25.4 Å². The van der Waals surface area contributed by atoms with Crippen molar-refractivity contribution in [1.82, 2.24) is 15.6 Å². The van der Waals surface area contributed by atoms with Crippen molar-refractivity contribution >= 4 is 58.7 Å². The number of nitrogens with one attached hydrogen (secondary N) is 1. The lowest BCUT2D eigenvalue weighted by Crippen LogP contribution is -2.19. The zero-order chi connectivity index (χ0) is 28.3. The van der Waals surface area contributed by atoms with Crippen LogP contribution in [-0.2, 0) is 18.0 Å². The molecule has 4 aromatic rings. The molecule has 0 aliphatic heterocycles. The molecule has 1 aromatic heterocycles. The van der Waals surface area contributed by atoms with Crippen LogP contribution in [0.5, 0.6) is 17.2 Å². The fraction of sp³-hybridized carbons (Fsp3) is 0.185. The maximum absolute atomic E-state index is 12.2. The van der Waals surface area contributed by atoms with Gasteiger partial charge < -0.3 is 18.6 Å². The second-order valence-electron chi connectivity index (χ2n) is 7.96. The first-order valence-electron chi connectivity index (χ1n) is 11.9. The van der Waals surface area contributed by atoms with Crippen LogP contribution in [0.4, 0.5) is 0 Å². The van der Waals surface area contributed by atoms with Crippen LogP contribution < -0.4 is 19.6 Å². The molecule has 0 radical (unpaired) electrons. The van der Waals surface area contributed by atoms with Crippen molar-refractivity contribution in [3.8, 4) is 17.2 Å². The average Bonchev–Trinajstić information content (AvgIpc) is 3.40. The van der Waals surface area contributed by atoms with E-state index in [-0.39, 0.29) is 29.4 Å². The predicted molar refractivity (Wildman–Crippen MR) is 155 cm³/mol. The van der Waals surface area contributed by atoms with E-state index in [0.29, 0.717) is 45.5 Å². The number of hydrogen-bond donors (Lipinski definition) is 1. The van der Waals surface area contributed by atoms with Gasteiger partial charge in [0.1, 0.15) is 12.4 Å². The third kappa shape index (κ3) is 9.06. The molecule has 1 amide bonds. The Morgan fingerprint density at radius 1 is 0.925 bits per heavy atom. The first-order chi connectivity index (χ1) is 19.4. The lowest BCUT2D eigenvalue weighted by atomic mass is 10.2. The Bertz CT molecular complexity index is 1470. The number of nitrogens with zero attached hydrogens (tertiary/aromatic N) is 3. The number of thioether (sulfide) groups is 1. The molecule has 0 unspecified atom stereocenters. The molecule has 13 heteroatoms. The van der Waals surface area contributed by atoms with E-state index in [2.05, 4.69) is 20.7 Å². The quantitative estimate of drug-likeness (QED) is 0.0983. The third-order valence-corrected chi connectivity index (χ3v) is 6.60. The van der Waals surface area contributed by atoms with E-state index in [1.807, 2.05) is 37.3 Å². The van der Waals surface area contributed by atoms with Crippen LogP contribution >= 0.6 is 46.6 Å². The first-order valence-corrected chi connectivity index (χ1v) is 14.0. The molecule has 0 atom stereocenters. The molecule has 0 bridgehead atoms. The van der Waals surface area contributed by atoms with E-state index in [0.717, 1.165) is 22.9 Å². The number of carbonyl (C=O) groups excluding carboxylic acids is 1. The molecule has 0 saturated heterocycles. The minimum atomic E-state index is -0.349. The first kappa shape index (κ1) is 29.5. The van der Waals surface area contributed by atoms with Crippen LogP contribution in [0.25, 0.3) is 0 Å². The molecule has 0 fully saturated rings. The van der Waals surface area contributed by atoms with Gasteiger partial charge in [-0.15, -0.1) is 10.2 Å². The Morgan fingerprint density at radius 3 is 2.45 bits per heavy atom. The SMILES string of the molecule is CCOc1cc(/C=N\NC(=O)CSc2nnc(COc3ccc(Cl)cc3Cl)o2)ccc1OCc1ccc(Cl)cc1. The van der Waals surface area contributed by atoms with Crippen LogP contribution in [0, 0.1) is 0 Å². The molecule has 9 nitrogen and oxygen atoms in total. The van der Waals surface area contributed by atoms with Gasteiger partial charge >= 0.3 is 0 Å². The zero-order valence-electron chi connectivity index (χ0n) is 21.1. The van der Waals surface area contributed by atoms with E-state index in [1.54, 1.807) is 30.3 Å². The smallest absolute Gasteiger partial charge is 0.277 e. The van der Waals surface area contributed by atoms with Gasteiger partial charge in [-0.1, -0.05) is 58.7 Å². The minimum absolute atomic E-state index is 0.0140. The second-order valence-corrected chi connectivity index (χ2v) is 10.2. The number of hydrogen-bond acceptors (Lipinski definition) is 9. The molecular formula is C27H23Cl3N4O5S. The maximum atomic E-state index is 12.2. The second kappa shape index (κ2) is 14.8. The molecule has 0 spiro atoms. The number of halogens is 3. The summed E-state index contributed by atoms with van der Waals surface area (Å²) >= 11 is 19.0. The highest BCUT2D eigenvalue weighted by Gasteiger charge is 2.12. The highest BCUT2D eigenvalue weighted by Crippen LogP contribution is 2.30. The number of ether oxygens (including phenoxy) is 3. The molecule has 208 valence electrons. The fourth-order valence-electron chi connectivity index (χ4n) is 3.16. The Labute approximate surface area is 249 Å². The fourth-order valence-corrected chi connectivity index (χ4v) is 4.32. The Kier molecular flexibility index (Phi) is 10.9. The summed E-state index contributed by atoms with van der Waals surface area (Å²) in [6, 6.07) is 17.7.